The summed E-state index contributed by atoms with van der Waals surface area (Å²) in [6.07, 6.45) is 4.89. The van der Waals surface area contributed by atoms with Crippen LogP contribution in [0.3, 0.4) is 0 Å². The Balaban J connectivity index is 1.60. The van der Waals surface area contributed by atoms with Crippen LogP contribution in [-0.4, -0.2) is 50.8 Å². The topological polar surface area (TPSA) is 53.5 Å². The summed E-state index contributed by atoms with van der Waals surface area (Å²) in [6, 6.07) is 10.9. The van der Waals surface area contributed by atoms with Crippen molar-refractivity contribution >= 4 is 23.2 Å². The normalized spacial score (nSPS) is 32.4. The van der Waals surface area contributed by atoms with E-state index in [-0.39, 0.29) is 41.4 Å². The maximum Gasteiger partial charge on any atom is 0.266 e. The number of aryl methyl sites for hydroxylation is 1. The van der Waals surface area contributed by atoms with E-state index in [1.165, 1.54) is 16.9 Å². The summed E-state index contributed by atoms with van der Waals surface area (Å²) in [4.78, 5) is 36.1. The zero-order valence-electron chi connectivity index (χ0n) is 17.9. The highest BCUT2D eigenvalue weighted by molar-refractivity contribution is 7.11. The van der Waals surface area contributed by atoms with Crippen molar-refractivity contribution in [1.29, 1.82) is 0 Å². The van der Waals surface area contributed by atoms with E-state index in [1.54, 1.807) is 12.4 Å². The van der Waals surface area contributed by atoms with E-state index in [0.717, 1.165) is 42.7 Å². The van der Waals surface area contributed by atoms with Crippen LogP contribution in [0.25, 0.3) is 0 Å². The van der Waals surface area contributed by atoms with Crippen molar-refractivity contribution in [3.05, 3.63) is 52.0 Å². The predicted octanol–water partition coefficient (Wildman–Crippen LogP) is 4.07. The average molecular weight is 424 g/mol. The van der Waals surface area contributed by atoms with E-state index in [0.29, 0.717) is 0 Å². The molecule has 2 saturated heterocycles. The van der Waals surface area contributed by atoms with Gasteiger partial charge >= 0.3 is 0 Å². The highest BCUT2D eigenvalue weighted by Gasteiger charge is 2.64. The SMILES string of the molecule is CC(=O)N1[C@H](Cc2ccccc2)[C@@H]2C[C@@]3(C)[C@H](CCC[C@@H]13)N2C(=O)c1scnc1C. The van der Waals surface area contributed by atoms with Crippen LogP contribution in [0.15, 0.2) is 35.8 Å². The molecule has 3 heterocycles. The lowest BCUT2D eigenvalue weighted by molar-refractivity contribution is -0.142. The fraction of sp³-hybridized carbons (Fsp3) is 0.542. The number of fused-ring (bicyclic) bond motifs is 1. The summed E-state index contributed by atoms with van der Waals surface area (Å²) in [7, 11) is 0. The Hall–Kier alpha value is -2.21. The van der Waals surface area contributed by atoms with E-state index >= 15 is 0 Å². The van der Waals surface area contributed by atoms with Crippen molar-refractivity contribution in [2.75, 3.05) is 0 Å². The predicted molar refractivity (Wildman–Crippen MR) is 117 cm³/mol. The maximum atomic E-state index is 13.8. The van der Waals surface area contributed by atoms with Gasteiger partial charge in [-0.25, -0.2) is 4.98 Å². The van der Waals surface area contributed by atoms with Gasteiger partial charge in [-0.05, 0) is 44.6 Å². The van der Waals surface area contributed by atoms with Crippen LogP contribution in [0.1, 0.15) is 60.5 Å². The van der Waals surface area contributed by atoms with Gasteiger partial charge in [0, 0.05) is 24.4 Å². The number of aromatic nitrogens is 1. The van der Waals surface area contributed by atoms with Crippen molar-refractivity contribution in [3.63, 3.8) is 0 Å². The van der Waals surface area contributed by atoms with Crippen molar-refractivity contribution in [2.45, 2.75) is 77.0 Å². The first-order chi connectivity index (χ1) is 14.4. The number of hydrogen-bond donors (Lipinski definition) is 0. The number of hydrogen-bond acceptors (Lipinski definition) is 4. The summed E-state index contributed by atoms with van der Waals surface area (Å²) in [5.41, 5.74) is 3.77. The molecule has 2 amide bonds. The molecule has 30 heavy (non-hydrogen) atoms. The lowest BCUT2D eigenvalue weighted by atomic mass is 9.64. The van der Waals surface area contributed by atoms with Gasteiger partial charge in [-0.1, -0.05) is 37.3 Å². The summed E-state index contributed by atoms with van der Waals surface area (Å²) >= 11 is 1.44. The summed E-state index contributed by atoms with van der Waals surface area (Å²) in [5.74, 6) is 0.249. The number of piperidine rings is 1. The number of carbonyl (C=O) groups excluding carboxylic acids is 2. The van der Waals surface area contributed by atoms with Crippen LogP contribution in [0, 0.1) is 12.3 Å². The van der Waals surface area contributed by atoms with E-state index < -0.39 is 0 Å². The molecule has 1 aliphatic carbocycles. The smallest absolute Gasteiger partial charge is 0.266 e. The second-order valence-electron chi connectivity index (χ2n) is 9.40. The Bertz CT molecular complexity index is 974. The van der Waals surface area contributed by atoms with Crippen LogP contribution in [0.4, 0.5) is 0 Å². The van der Waals surface area contributed by atoms with Gasteiger partial charge in [0.25, 0.3) is 5.91 Å². The number of carbonyl (C=O) groups is 2. The molecule has 0 spiro atoms. The van der Waals surface area contributed by atoms with E-state index in [9.17, 15) is 9.59 Å². The number of amides is 2. The molecule has 0 unspecified atom stereocenters. The minimum Gasteiger partial charge on any atom is -0.334 e. The van der Waals surface area contributed by atoms with Gasteiger partial charge in [-0.3, -0.25) is 9.59 Å². The lowest BCUT2D eigenvalue weighted by Crippen LogP contribution is -2.62. The molecule has 0 N–H and O–H groups in total. The standard InChI is InChI=1S/C24H29N3O2S/c1-15-22(30-14-25-15)23(29)27-19-13-24(3)20(10-7-11-21(24)27)26(16(2)28)18(19)12-17-8-5-4-6-9-17/h4-6,8-9,14,18-21H,7,10-13H2,1-3H3/t18-,19+,20-,21+,24-/m1/s1. The van der Waals surface area contributed by atoms with Gasteiger partial charge in [0.05, 0.1) is 23.3 Å². The first-order valence-corrected chi connectivity index (χ1v) is 11.9. The summed E-state index contributed by atoms with van der Waals surface area (Å²) in [5, 5.41) is 0. The Morgan fingerprint density at radius 2 is 1.87 bits per heavy atom. The van der Waals surface area contributed by atoms with E-state index in [2.05, 4.69) is 46.0 Å². The molecule has 3 fully saturated rings. The van der Waals surface area contributed by atoms with E-state index in [1.807, 2.05) is 13.0 Å². The molecule has 158 valence electrons. The largest absolute Gasteiger partial charge is 0.334 e. The summed E-state index contributed by atoms with van der Waals surface area (Å²) in [6.45, 7) is 5.94. The number of rotatable bonds is 3. The van der Waals surface area contributed by atoms with Crippen molar-refractivity contribution in [3.8, 4) is 0 Å². The van der Waals surface area contributed by atoms with Gasteiger partial charge in [-0.15, -0.1) is 11.3 Å². The van der Waals surface area contributed by atoms with Gasteiger partial charge in [0.15, 0.2) is 0 Å². The van der Waals surface area contributed by atoms with Crippen LogP contribution in [-0.2, 0) is 11.2 Å². The van der Waals surface area contributed by atoms with Crippen molar-refractivity contribution < 1.29 is 9.59 Å². The fourth-order valence-electron chi connectivity index (χ4n) is 6.55. The van der Waals surface area contributed by atoms with Gasteiger partial charge in [-0.2, -0.15) is 0 Å². The molecule has 1 saturated carbocycles. The Kier molecular flexibility index (Phi) is 4.73. The van der Waals surface area contributed by atoms with Crippen LogP contribution < -0.4 is 0 Å². The van der Waals surface area contributed by atoms with Crippen molar-refractivity contribution in [1.82, 2.24) is 14.8 Å². The van der Waals surface area contributed by atoms with Crippen LogP contribution in [0.5, 0.6) is 0 Å². The lowest BCUT2D eigenvalue weighted by Gasteiger charge is -2.52. The number of benzene rings is 1. The molecule has 5 rings (SSSR count). The number of thiazole rings is 1. The Morgan fingerprint density at radius 3 is 2.50 bits per heavy atom. The molecule has 2 bridgehead atoms. The first-order valence-electron chi connectivity index (χ1n) is 11.0. The molecule has 2 aromatic rings. The quantitative estimate of drug-likeness (QED) is 0.748. The van der Waals surface area contributed by atoms with E-state index in [4.69, 9.17) is 0 Å². The van der Waals surface area contributed by atoms with Crippen LogP contribution >= 0.6 is 11.3 Å². The average Bonchev–Trinajstić information content (AvgIpc) is 3.28. The van der Waals surface area contributed by atoms with Crippen molar-refractivity contribution in [2.24, 2.45) is 5.41 Å². The third-order valence-corrected chi connectivity index (χ3v) is 8.70. The van der Waals surface area contributed by atoms with Gasteiger partial charge in [0.1, 0.15) is 4.88 Å². The van der Waals surface area contributed by atoms with Gasteiger partial charge < -0.3 is 9.80 Å². The minimum absolute atomic E-state index is 0.0169. The molecule has 1 aromatic heterocycles. The zero-order chi connectivity index (χ0) is 21.0. The number of nitrogens with zero attached hydrogens (tertiary/aromatic N) is 3. The molecule has 0 radical (unpaired) electrons. The monoisotopic (exact) mass is 423 g/mol. The Morgan fingerprint density at radius 1 is 1.17 bits per heavy atom. The maximum absolute atomic E-state index is 13.8. The molecule has 5 nitrogen and oxygen atoms in total. The Labute approximate surface area is 182 Å². The zero-order valence-corrected chi connectivity index (χ0v) is 18.7. The minimum atomic E-state index is -0.0317. The second-order valence-corrected chi connectivity index (χ2v) is 10.3. The molecular formula is C24H29N3O2S. The molecular weight excluding hydrogens is 394 g/mol. The third-order valence-electron chi connectivity index (χ3n) is 7.78. The van der Waals surface area contributed by atoms with Gasteiger partial charge in [0.2, 0.25) is 5.91 Å². The third kappa shape index (κ3) is 2.83. The summed E-state index contributed by atoms with van der Waals surface area (Å²) < 4.78 is 0. The second kappa shape index (κ2) is 7.19. The number of likely N-dealkylation sites (tertiary alicyclic amines) is 2. The fourth-order valence-corrected chi connectivity index (χ4v) is 7.30. The molecule has 5 atom stereocenters. The van der Waals surface area contributed by atoms with Crippen LogP contribution in [0.2, 0.25) is 0 Å². The highest BCUT2D eigenvalue weighted by Crippen LogP contribution is 2.57. The first kappa shape index (κ1) is 19.7. The highest BCUT2D eigenvalue weighted by atomic mass is 32.1. The molecule has 1 aromatic carbocycles. The molecule has 2 aliphatic heterocycles. The molecule has 3 aliphatic rings. The molecule has 6 heteroatoms.